The molecular weight excluding hydrogens is 176 g/mol. The average molecular weight is 197 g/mol. The Morgan fingerprint density at radius 1 is 0.846 bits per heavy atom. The van der Waals surface area contributed by atoms with E-state index < -0.39 is 9.04 Å². The summed E-state index contributed by atoms with van der Waals surface area (Å²) in [6.07, 6.45) is 11.8. The lowest BCUT2D eigenvalue weighted by atomic mass is 10.3. The van der Waals surface area contributed by atoms with Gasteiger partial charge in [0.2, 0.25) is 9.04 Å². The van der Waals surface area contributed by atoms with Gasteiger partial charge in [0, 0.05) is 7.11 Å². The Morgan fingerprint density at radius 3 is 1.54 bits per heavy atom. The highest BCUT2D eigenvalue weighted by Gasteiger charge is 2.35. The standard InChI is InChI=1S/C11H21OSi/c1-12-13(10-6-2-3-7-10)11-8-4-5-9-11/h10-11H,2-9H2,1H3. The van der Waals surface area contributed by atoms with Crippen LogP contribution in [0.4, 0.5) is 0 Å². The molecule has 0 saturated heterocycles. The molecular formula is C11H21OSi. The van der Waals surface area contributed by atoms with Crippen LogP contribution in [-0.2, 0) is 4.43 Å². The summed E-state index contributed by atoms with van der Waals surface area (Å²) in [6, 6.07) is 0. The van der Waals surface area contributed by atoms with Crippen molar-refractivity contribution in [3.63, 3.8) is 0 Å². The van der Waals surface area contributed by atoms with Crippen LogP contribution in [-0.4, -0.2) is 16.2 Å². The number of rotatable bonds is 3. The molecule has 0 atom stereocenters. The lowest BCUT2D eigenvalue weighted by Crippen LogP contribution is -2.27. The van der Waals surface area contributed by atoms with E-state index in [2.05, 4.69) is 0 Å². The number of hydrogen-bond acceptors (Lipinski definition) is 1. The summed E-state index contributed by atoms with van der Waals surface area (Å²) in [5, 5.41) is 0. The third-order valence-electron chi connectivity index (χ3n) is 3.75. The molecule has 0 bridgehead atoms. The van der Waals surface area contributed by atoms with Crippen molar-refractivity contribution in [3.8, 4) is 0 Å². The molecule has 0 amide bonds. The van der Waals surface area contributed by atoms with Crippen LogP contribution in [0.5, 0.6) is 0 Å². The zero-order valence-corrected chi connectivity index (χ0v) is 9.72. The Balaban J connectivity index is 1.90. The highest BCUT2D eigenvalue weighted by atomic mass is 28.3. The summed E-state index contributed by atoms with van der Waals surface area (Å²) in [5.74, 6) is 0. The Bertz CT molecular complexity index is 132. The second-order valence-corrected chi connectivity index (χ2v) is 7.42. The fraction of sp³-hybridized carbons (Fsp3) is 1.00. The van der Waals surface area contributed by atoms with Crippen molar-refractivity contribution in [2.24, 2.45) is 0 Å². The monoisotopic (exact) mass is 197 g/mol. The molecule has 1 radical (unpaired) electrons. The molecule has 2 fully saturated rings. The SMILES string of the molecule is CO[Si](C1CCCC1)C1CCCC1. The van der Waals surface area contributed by atoms with Crippen molar-refractivity contribution >= 4 is 9.04 Å². The molecule has 0 heterocycles. The molecule has 0 N–H and O–H groups in total. The summed E-state index contributed by atoms with van der Waals surface area (Å²) < 4.78 is 5.82. The van der Waals surface area contributed by atoms with Crippen LogP contribution in [0.2, 0.25) is 11.1 Å². The third-order valence-corrected chi connectivity index (χ3v) is 6.99. The topological polar surface area (TPSA) is 9.23 Å². The molecule has 0 aromatic rings. The third kappa shape index (κ3) is 2.16. The summed E-state index contributed by atoms with van der Waals surface area (Å²) in [4.78, 5) is 0. The minimum absolute atomic E-state index is 0.439. The van der Waals surface area contributed by atoms with Gasteiger partial charge in [-0.2, -0.15) is 0 Å². The van der Waals surface area contributed by atoms with E-state index in [0.29, 0.717) is 0 Å². The van der Waals surface area contributed by atoms with Gasteiger partial charge >= 0.3 is 0 Å². The Hall–Kier alpha value is 0.177. The first-order valence-electron chi connectivity index (χ1n) is 5.82. The quantitative estimate of drug-likeness (QED) is 0.629. The normalized spacial score (nSPS) is 26.3. The fourth-order valence-corrected chi connectivity index (χ4v) is 6.38. The zero-order valence-electron chi connectivity index (χ0n) is 8.72. The lowest BCUT2D eigenvalue weighted by Gasteiger charge is -2.24. The van der Waals surface area contributed by atoms with E-state index in [9.17, 15) is 0 Å². The van der Waals surface area contributed by atoms with E-state index in [-0.39, 0.29) is 0 Å². The van der Waals surface area contributed by atoms with Crippen molar-refractivity contribution < 1.29 is 4.43 Å². The lowest BCUT2D eigenvalue weighted by molar-refractivity contribution is 0.390. The predicted octanol–water partition coefficient (Wildman–Crippen LogP) is 3.51. The Labute approximate surface area is 83.6 Å². The summed E-state index contributed by atoms with van der Waals surface area (Å²) in [6.45, 7) is 0. The van der Waals surface area contributed by atoms with Crippen LogP contribution in [0.25, 0.3) is 0 Å². The van der Waals surface area contributed by atoms with E-state index >= 15 is 0 Å². The predicted molar refractivity (Wildman–Crippen MR) is 57.2 cm³/mol. The second kappa shape index (κ2) is 4.60. The minimum Gasteiger partial charge on any atom is -0.419 e. The molecule has 0 spiro atoms. The van der Waals surface area contributed by atoms with Gasteiger partial charge in [-0.25, -0.2) is 0 Å². The molecule has 2 aliphatic carbocycles. The van der Waals surface area contributed by atoms with Gasteiger partial charge in [-0.3, -0.25) is 0 Å². The van der Waals surface area contributed by atoms with Gasteiger partial charge in [0.25, 0.3) is 0 Å². The van der Waals surface area contributed by atoms with Crippen molar-refractivity contribution in [2.45, 2.75) is 62.4 Å². The van der Waals surface area contributed by atoms with Gasteiger partial charge in [-0.05, 0) is 11.1 Å². The molecule has 2 saturated carbocycles. The van der Waals surface area contributed by atoms with Crippen molar-refractivity contribution in [3.05, 3.63) is 0 Å². The first-order valence-corrected chi connectivity index (χ1v) is 7.39. The summed E-state index contributed by atoms with van der Waals surface area (Å²) in [5.41, 5.74) is 2.00. The average Bonchev–Trinajstić information content (AvgIpc) is 2.76. The molecule has 2 rings (SSSR count). The van der Waals surface area contributed by atoms with E-state index in [4.69, 9.17) is 4.43 Å². The first kappa shape index (κ1) is 9.72. The largest absolute Gasteiger partial charge is 0.419 e. The second-order valence-electron chi connectivity index (χ2n) is 4.57. The molecule has 0 unspecified atom stereocenters. The fourth-order valence-electron chi connectivity index (χ4n) is 3.09. The molecule has 1 nitrogen and oxygen atoms in total. The van der Waals surface area contributed by atoms with E-state index in [1.165, 1.54) is 51.4 Å². The molecule has 0 aliphatic heterocycles. The van der Waals surface area contributed by atoms with E-state index in [1.807, 2.05) is 7.11 Å². The zero-order chi connectivity index (χ0) is 9.10. The van der Waals surface area contributed by atoms with Crippen molar-refractivity contribution in [1.29, 1.82) is 0 Å². The highest BCUT2D eigenvalue weighted by Crippen LogP contribution is 2.43. The van der Waals surface area contributed by atoms with Gasteiger partial charge in [0.1, 0.15) is 0 Å². The van der Waals surface area contributed by atoms with E-state index in [0.717, 1.165) is 11.1 Å². The number of hydrogen-bond donors (Lipinski definition) is 0. The van der Waals surface area contributed by atoms with Gasteiger partial charge < -0.3 is 4.43 Å². The van der Waals surface area contributed by atoms with Crippen LogP contribution >= 0.6 is 0 Å². The Kier molecular flexibility index (Phi) is 3.44. The van der Waals surface area contributed by atoms with Gasteiger partial charge in [0.15, 0.2) is 0 Å². The Morgan fingerprint density at radius 2 is 1.23 bits per heavy atom. The molecule has 2 aliphatic rings. The first-order chi connectivity index (χ1) is 6.42. The molecule has 2 heteroatoms. The summed E-state index contributed by atoms with van der Waals surface area (Å²) in [7, 11) is 1.52. The smallest absolute Gasteiger partial charge is 0.217 e. The maximum absolute atomic E-state index is 5.82. The van der Waals surface area contributed by atoms with E-state index in [1.54, 1.807) is 0 Å². The van der Waals surface area contributed by atoms with Crippen LogP contribution in [0.3, 0.4) is 0 Å². The minimum atomic E-state index is -0.439. The van der Waals surface area contributed by atoms with Crippen LogP contribution in [0, 0.1) is 0 Å². The molecule has 0 aromatic heterocycles. The van der Waals surface area contributed by atoms with Gasteiger partial charge in [0.05, 0.1) is 0 Å². The summed E-state index contributed by atoms with van der Waals surface area (Å²) >= 11 is 0. The maximum Gasteiger partial charge on any atom is 0.217 e. The molecule has 13 heavy (non-hydrogen) atoms. The van der Waals surface area contributed by atoms with Crippen LogP contribution in [0.1, 0.15) is 51.4 Å². The van der Waals surface area contributed by atoms with Crippen molar-refractivity contribution in [2.75, 3.05) is 7.11 Å². The maximum atomic E-state index is 5.82. The molecule has 75 valence electrons. The van der Waals surface area contributed by atoms with Gasteiger partial charge in [-0.1, -0.05) is 51.4 Å². The molecule has 0 aromatic carbocycles. The van der Waals surface area contributed by atoms with Gasteiger partial charge in [-0.15, -0.1) is 0 Å². The van der Waals surface area contributed by atoms with Crippen molar-refractivity contribution in [1.82, 2.24) is 0 Å². The van der Waals surface area contributed by atoms with Crippen LogP contribution < -0.4 is 0 Å². The highest BCUT2D eigenvalue weighted by molar-refractivity contribution is 6.55. The van der Waals surface area contributed by atoms with Crippen LogP contribution in [0.15, 0.2) is 0 Å².